The molecule has 0 atom stereocenters. The lowest BCUT2D eigenvalue weighted by atomic mass is 9.96. The molecule has 1 heterocycles. The van der Waals surface area contributed by atoms with E-state index in [2.05, 4.69) is 10.2 Å². The number of carbonyl (C=O) groups excluding carboxylic acids is 1. The molecule has 0 saturated carbocycles. The Hall–Kier alpha value is -1.46. The number of carbonyl (C=O) groups is 1. The number of halogens is 1. The zero-order valence-corrected chi connectivity index (χ0v) is 10.0. The van der Waals surface area contributed by atoms with E-state index in [9.17, 15) is 9.18 Å². The number of hydrogen-bond donors (Lipinski definition) is 1. The predicted octanol–water partition coefficient (Wildman–Crippen LogP) is 1.87. The molecule has 0 bridgehead atoms. The molecule has 5 heteroatoms. The SMILES string of the molecule is O=C(OOCC1(F)CCNCC1)c1ccccc1. The second-order valence-electron chi connectivity index (χ2n) is 4.40. The molecule has 1 aliphatic heterocycles. The van der Waals surface area contributed by atoms with Crippen LogP contribution in [0.25, 0.3) is 0 Å². The summed E-state index contributed by atoms with van der Waals surface area (Å²) in [6.45, 7) is 1.02. The lowest BCUT2D eigenvalue weighted by Gasteiger charge is -2.28. The second kappa shape index (κ2) is 5.93. The van der Waals surface area contributed by atoms with Crippen LogP contribution in [0.3, 0.4) is 0 Å². The molecule has 1 saturated heterocycles. The Morgan fingerprint density at radius 2 is 1.94 bits per heavy atom. The van der Waals surface area contributed by atoms with Gasteiger partial charge in [0.15, 0.2) is 0 Å². The minimum Gasteiger partial charge on any atom is -0.316 e. The van der Waals surface area contributed by atoms with Crippen LogP contribution in [0.4, 0.5) is 4.39 Å². The van der Waals surface area contributed by atoms with Crippen molar-refractivity contribution in [3.8, 4) is 0 Å². The van der Waals surface area contributed by atoms with Crippen molar-refractivity contribution in [3.63, 3.8) is 0 Å². The molecular weight excluding hydrogens is 237 g/mol. The molecule has 1 N–H and O–H groups in total. The maximum atomic E-state index is 14.1. The van der Waals surface area contributed by atoms with Crippen LogP contribution in [0.15, 0.2) is 30.3 Å². The Labute approximate surface area is 105 Å². The molecule has 0 aromatic heterocycles. The molecular formula is C13H16FNO3. The van der Waals surface area contributed by atoms with E-state index < -0.39 is 11.6 Å². The van der Waals surface area contributed by atoms with Gasteiger partial charge < -0.3 is 5.32 Å². The summed E-state index contributed by atoms with van der Waals surface area (Å²) in [6.07, 6.45) is 0.742. The number of piperidine rings is 1. The average molecular weight is 253 g/mol. The summed E-state index contributed by atoms with van der Waals surface area (Å²) in [5.74, 6) is -0.604. The number of alkyl halides is 1. The lowest BCUT2D eigenvalue weighted by molar-refractivity contribution is -0.262. The molecule has 0 spiro atoms. The molecule has 18 heavy (non-hydrogen) atoms. The molecule has 1 aliphatic rings. The number of benzene rings is 1. The fraction of sp³-hybridized carbons (Fsp3) is 0.462. The third kappa shape index (κ3) is 3.51. The van der Waals surface area contributed by atoms with Crippen molar-refractivity contribution in [2.24, 2.45) is 0 Å². The first kappa shape index (κ1) is 13.0. The third-order valence-corrected chi connectivity index (χ3v) is 2.96. The van der Waals surface area contributed by atoms with Gasteiger partial charge in [-0.15, -0.1) is 0 Å². The highest BCUT2D eigenvalue weighted by Gasteiger charge is 2.33. The summed E-state index contributed by atoms with van der Waals surface area (Å²) in [6, 6.07) is 8.46. The van der Waals surface area contributed by atoms with Gasteiger partial charge in [-0.2, -0.15) is 4.89 Å². The summed E-state index contributed by atoms with van der Waals surface area (Å²) in [5, 5.41) is 3.06. The van der Waals surface area contributed by atoms with E-state index in [1.54, 1.807) is 30.3 Å². The topological polar surface area (TPSA) is 47.6 Å². The number of nitrogens with one attached hydrogen (secondary N) is 1. The summed E-state index contributed by atoms with van der Waals surface area (Å²) >= 11 is 0. The maximum Gasteiger partial charge on any atom is 0.373 e. The summed E-state index contributed by atoms with van der Waals surface area (Å²) in [5.41, 5.74) is -1.02. The van der Waals surface area contributed by atoms with Gasteiger partial charge in [-0.3, -0.25) is 4.89 Å². The highest BCUT2D eigenvalue weighted by atomic mass is 19.1. The minimum atomic E-state index is -1.40. The molecule has 0 radical (unpaired) electrons. The van der Waals surface area contributed by atoms with Crippen molar-refractivity contribution < 1.29 is 19.0 Å². The van der Waals surface area contributed by atoms with Crippen molar-refractivity contribution in [3.05, 3.63) is 35.9 Å². The van der Waals surface area contributed by atoms with E-state index in [1.165, 1.54) is 0 Å². The first-order chi connectivity index (χ1) is 8.70. The van der Waals surface area contributed by atoms with Crippen LogP contribution < -0.4 is 5.32 Å². The lowest BCUT2D eigenvalue weighted by Crippen LogP contribution is -2.42. The van der Waals surface area contributed by atoms with Gasteiger partial charge in [0, 0.05) is 0 Å². The van der Waals surface area contributed by atoms with Crippen LogP contribution in [0, 0.1) is 0 Å². The minimum absolute atomic E-state index is 0.215. The van der Waals surface area contributed by atoms with E-state index in [-0.39, 0.29) is 6.61 Å². The van der Waals surface area contributed by atoms with Crippen LogP contribution in [0.2, 0.25) is 0 Å². The molecule has 2 rings (SSSR count). The zero-order valence-electron chi connectivity index (χ0n) is 10.0. The van der Waals surface area contributed by atoms with E-state index in [0.29, 0.717) is 31.5 Å². The first-order valence-electron chi connectivity index (χ1n) is 5.98. The van der Waals surface area contributed by atoms with Gasteiger partial charge in [0.25, 0.3) is 0 Å². The molecule has 0 unspecified atom stereocenters. The van der Waals surface area contributed by atoms with Crippen LogP contribution in [-0.4, -0.2) is 31.3 Å². The molecule has 1 fully saturated rings. The maximum absolute atomic E-state index is 14.1. The van der Waals surface area contributed by atoms with Crippen LogP contribution in [0.5, 0.6) is 0 Å². The molecule has 0 aliphatic carbocycles. The Morgan fingerprint density at radius 3 is 2.61 bits per heavy atom. The predicted molar refractivity (Wildman–Crippen MR) is 63.8 cm³/mol. The van der Waals surface area contributed by atoms with E-state index in [0.717, 1.165) is 0 Å². The van der Waals surface area contributed by atoms with Crippen molar-refractivity contribution >= 4 is 5.97 Å². The molecule has 1 aromatic rings. The molecule has 98 valence electrons. The highest BCUT2D eigenvalue weighted by molar-refractivity contribution is 5.88. The van der Waals surface area contributed by atoms with Crippen molar-refractivity contribution in [2.75, 3.05) is 19.7 Å². The molecule has 1 aromatic carbocycles. The summed E-state index contributed by atoms with van der Waals surface area (Å²) < 4.78 is 14.1. The van der Waals surface area contributed by atoms with Gasteiger partial charge in [-0.05, 0) is 38.1 Å². The quantitative estimate of drug-likeness (QED) is 0.657. The Morgan fingerprint density at radius 1 is 1.28 bits per heavy atom. The van der Waals surface area contributed by atoms with Gasteiger partial charge in [0.1, 0.15) is 12.3 Å². The Bertz CT molecular complexity index is 390. The van der Waals surface area contributed by atoms with Crippen molar-refractivity contribution in [2.45, 2.75) is 18.5 Å². The van der Waals surface area contributed by atoms with Gasteiger partial charge in [-0.1, -0.05) is 18.2 Å². The van der Waals surface area contributed by atoms with Crippen LogP contribution in [-0.2, 0) is 9.78 Å². The van der Waals surface area contributed by atoms with Gasteiger partial charge in [0.05, 0.1) is 5.56 Å². The van der Waals surface area contributed by atoms with Gasteiger partial charge in [-0.25, -0.2) is 9.18 Å². The normalized spacial score (nSPS) is 18.3. The average Bonchev–Trinajstić information content (AvgIpc) is 2.40. The standard InChI is InChI=1S/C13H16FNO3/c14-13(6-8-15-9-7-13)10-17-18-12(16)11-4-2-1-3-5-11/h1-5,15H,6-10H2. The third-order valence-electron chi connectivity index (χ3n) is 2.96. The highest BCUT2D eigenvalue weighted by Crippen LogP contribution is 2.23. The largest absolute Gasteiger partial charge is 0.373 e. The van der Waals surface area contributed by atoms with Gasteiger partial charge in [0.2, 0.25) is 0 Å². The van der Waals surface area contributed by atoms with E-state index >= 15 is 0 Å². The van der Waals surface area contributed by atoms with Crippen molar-refractivity contribution in [1.82, 2.24) is 5.32 Å². The molecule has 0 amide bonds. The second-order valence-corrected chi connectivity index (χ2v) is 4.40. The van der Waals surface area contributed by atoms with E-state index in [1.807, 2.05) is 0 Å². The number of rotatable bonds is 4. The fourth-order valence-electron chi connectivity index (χ4n) is 1.83. The van der Waals surface area contributed by atoms with Crippen LogP contribution in [0.1, 0.15) is 23.2 Å². The smallest absolute Gasteiger partial charge is 0.316 e. The van der Waals surface area contributed by atoms with E-state index in [4.69, 9.17) is 4.89 Å². The summed E-state index contributed by atoms with van der Waals surface area (Å²) in [4.78, 5) is 20.8. The molecule has 4 nitrogen and oxygen atoms in total. The first-order valence-corrected chi connectivity index (χ1v) is 5.98. The Kier molecular flexibility index (Phi) is 4.28. The summed E-state index contributed by atoms with van der Waals surface area (Å²) in [7, 11) is 0. The monoisotopic (exact) mass is 253 g/mol. The van der Waals surface area contributed by atoms with Gasteiger partial charge >= 0.3 is 5.97 Å². The van der Waals surface area contributed by atoms with Crippen molar-refractivity contribution in [1.29, 1.82) is 0 Å². The number of hydrogen-bond acceptors (Lipinski definition) is 4. The zero-order chi connectivity index (χ0) is 12.8. The Balaban J connectivity index is 1.77. The fourth-order valence-corrected chi connectivity index (χ4v) is 1.83. The van der Waals surface area contributed by atoms with Crippen LogP contribution >= 0.6 is 0 Å².